The number of halogens is 1. The van der Waals surface area contributed by atoms with Crippen molar-refractivity contribution < 1.29 is 23.8 Å². The standard InChI is InChI=1S/C38H51FN4O6/c1-25(7-13-29-26(2)8-14-31-37(3,4)32(44)15-16-38(29,31)5)21-33(45)40-17-19-41(20-18-40)34(46)24-42-23-30(39)35(47)43(36(42)48)22-27-9-11-28(49-6)12-10-27/h9-12,21,23,29,31-32,44H,2,7-8,13-20,22,24H2,1,3-6H3/b25-21+/t29-,31-,32-,38+/m1/s1. The van der Waals surface area contributed by atoms with Crippen LogP contribution in [0.25, 0.3) is 0 Å². The topological polar surface area (TPSA) is 114 Å². The summed E-state index contributed by atoms with van der Waals surface area (Å²) in [5.74, 6) is -0.246. The number of aliphatic hydroxyl groups excluding tert-OH is 1. The van der Waals surface area contributed by atoms with E-state index in [4.69, 9.17) is 4.74 Å². The van der Waals surface area contributed by atoms with E-state index in [2.05, 4.69) is 27.4 Å². The number of allylic oxidation sites excluding steroid dienone is 2. The molecule has 1 aromatic heterocycles. The molecular weight excluding hydrogens is 627 g/mol. The molecular formula is C38H51FN4O6. The van der Waals surface area contributed by atoms with Gasteiger partial charge in [0.2, 0.25) is 17.6 Å². The number of benzene rings is 1. The number of hydrogen-bond donors (Lipinski definition) is 1. The third kappa shape index (κ3) is 7.46. The van der Waals surface area contributed by atoms with Crippen molar-refractivity contribution in [3.63, 3.8) is 0 Å². The third-order valence-electron chi connectivity index (χ3n) is 11.7. The lowest BCUT2D eigenvalue weighted by Gasteiger charge is -2.59. The van der Waals surface area contributed by atoms with E-state index in [0.717, 1.165) is 59.4 Å². The van der Waals surface area contributed by atoms with Crippen molar-refractivity contribution in [2.24, 2.45) is 22.7 Å². The summed E-state index contributed by atoms with van der Waals surface area (Å²) in [6, 6.07) is 6.71. The van der Waals surface area contributed by atoms with Crippen LogP contribution in [0.15, 0.2) is 63.9 Å². The van der Waals surface area contributed by atoms with Gasteiger partial charge in [-0.2, -0.15) is 4.39 Å². The maximum Gasteiger partial charge on any atom is 0.331 e. The van der Waals surface area contributed by atoms with Gasteiger partial charge in [0.15, 0.2) is 0 Å². The molecule has 2 heterocycles. The van der Waals surface area contributed by atoms with Crippen LogP contribution in [-0.4, -0.2) is 75.2 Å². The molecule has 0 radical (unpaired) electrons. The van der Waals surface area contributed by atoms with Crippen LogP contribution in [0.4, 0.5) is 4.39 Å². The van der Waals surface area contributed by atoms with Crippen LogP contribution in [0, 0.1) is 28.5 Å². The molecule has 10 nitrogen and oxygen atoms in total. The Morgan fingerprint density at radius 3 is 2.37 bits per heavy atom. The molecule has 2 amide bonds. The van der Waals surface area contributed by atoms with Crippen molar-refractivity contribution in [1.82, 2.24) is 18.9 Å². The first kappa shape index (κ1) is 36.3. The number of aromatic nitrogens is 2. The lowest BCUT2D eigenvalue weighted by molar-refractivity contribution is -0.137. The Kier molecular flexibility index (Phi) is 10.7. The zero-order valence-corrected chi connectivity index (χ0v) is 29.5. The van der Waals surface area contributed by atoms with Gasteiger partial charge in [0.25, 0.3) is 5.56 Å². The minimum absolute atomic E-state index is 0.0793. The third-order valence-corrected chi connectivity index (χ3v) is 11.7. The van der Waals surface area contributed by atoms with E-state index in [1.807, 2.05) is 6.92 Å². The first-order chi connectivity index (χ1) is 23.1. The van der Waals surface area contributed by atoms with Gasteiger partial charge in [0.05, 0.1) is 26.0 Å². The molecule has 2 aromatic rings. The van der Waals surface area contributed by atoms with Gasteiger partial charge in [0, 0.05) is 32.3 Å². The molecule has 2 aliphatic carbocycles. The lowest BCUT2D eigenvalue weighted by Crippen LogP contribution is -2.54. The molecule has 3 fully saturated rings. The zero-order valence-electron chi connectivity index (χ0n) is 29.5. The molecule has 0 unspecified atom stereocenters. The highest BCUT2D eigenvalue weighted by Crippen LogP contribution is 2.61. The molecule has 3 aliphatic rings. The van der Waals surface area contributed by atoms with Gasteiger partial charge in [-0.25, -0.2) is 4.79 Å². The number of piperazine rings is 1. The summed E-state index contributed by atoms with van der Waals surface area (Å²) in [4.78, 5) is 55.2. The number of rotatable bonds is 9. The van der Waals surface area contributed by atoms with Crippen molar-refractivity contribution in [2.75, 3.05) is 33.3 Å². The summed E-state index contributed by atoms with van der Waals surface area (Å²) in [6.07, 6.45) is 7.71. The molecule has 266 valence electrons. The van der Waals surface area contributed by atoms with Crippen LogP contribution < -0.4 is 16.0 Å². The molecule has 0 bridgehead atoms. The van der Waals surface area contributed by atoms with Crippen molar-refractivity contribution >= 4 is 11.8 Å². The van der Waals surface area contributed by atoms with Crippen LogP contribution in [0.2, 0.25) is 0 Å². The fraction of sp³-hybridized carbons (Fsp3) is 0.579. The zero-order chi connectivity index (χ0) is 35.7. The fourth-order valence-corrected chi connectivity index (χ4v) is 8.65. The molecule has 5 rings (SSSR count). The van der Waals surface area contributed by atoms with E-state index in [-0.39, 0.29) is 42.5 Å². The van der Waals surface area contributed by atoms with Crippen molar-refractivity contribution in [3.05, 3.63) is 86.5 Å². The Morgan fingerprint density at radius 1 is 1.06 bits per heavy atom. The maximum atomic E-state index is 14.6. The molecule has 49 heavy (non-hydrogen) atoms. The van der Waals surface area contributed by atoms with Crippen LogP contribution in [0.5, 0.6) is 5.75 Å². The lowest BCUT2D eigenvalue weighted by atomic mass is 9.46. The Hall–Kier alpha value is -3.99. The molecule has 1 aromatic carbocycles. The summed E-state index contributed by atoms with van der Waals surface area (Å²) < 4.78 is 21.4. The van der Waals surface area contributed by atoms with E-state index in [1.54, 1.807) is 40.1 Å². The highest BCUT2D eigenvalue weighted by atomic mass is 19.1. The minimum Gasteiger partial charge on any atom is -0.497 e. The molecule has 4 atom stereocenters. The number of methoxy groups -OCH3 is 1. The summed E-state index contributed by atoms with van der Waals surface area (Å²) in [5.41, 5.74) is 0.996. The van der Waals surface area contributed by atoms with Gasteiger partial charge >= 0.3 is 5.69 Å². The summed E-state index contributed by atoms with van der Waals surface area (Å²) >= 11 is 0. The molecule has 2 saturated carbocycles. The summed E-state index contributed by atoms with van der Waals surface area (Å²) in [5, 5.41) is 10.8. The average molecular weight is 679 g/mol. The molecule has 1 aliphatic heterocycles. The number of ether oxygens (including phenoxy) is 1. The molecule has 0 spiro atoms. The van der Waals surface area contributed by atoms with Crippen molar-refractivity contribution in [2.45, 2.75) is 85.4 Å². The summed E-state index contributed by atoms with van der Waals surface area (Å²) in [6.45, 7) is 13.9. The second-order valence-corrected chi connectivity index (χ2v) is 15.0. The Balaban J connectivity index is 1.16. The smallest absolute Gasteiger partial charge is 0.331 e. The van der Waals surface area contributed by atoms with Crippen LogP contribution in [0.1, 0.15) is 71.8 Å². The largest absolute Gasteiger partial charge is 0.497 e. The number of amides is 2. The molecule has 1 saturated heterocycles. The van der Waals surface area contributed by atoms with Gasteiger partial charge in [0.1, 0.15) is 12.3 Å². The van der Waals surface area contributed by atoms with E-state index < -0.39 is 29.5 Å². The second-order valence-electron chi connectivity index (χ2n) is 15.0. The number of carbonyl (C=O) groups excluding carboxylic acids is 2. The monoisotopic (exact) mass is 678 g/mol. The maximum absolute atomic E-state index is 14.6. The van der Waals surface area contributed by atoms with E-state index in [0.29, 0.717) is 36.2 Å². The number of fused-ring (bicyclic) bond motifs is 1. The number of nitrogens with zero attached hydrogens (tertiary/aromatic N) is 4. The number of carbonyl (C=O) groups is 2. The van der Waals surface area contributed by atoms with Gasteiger partial charge in [-0.3, -0.25) is 23.5 Å². The normalized spacial score (nSPS) is 25.6. The quantitative estimate of drug-likeness (QED) is 0.311. The molecule has 1 N–H and O–H groups in total. The van der Waals surface area contributed by atoms with E-state index >= 15 is 0 Å². The van der Waals surface area contributed by atoms with E-state index in [9.17, 15) is 28.7 Å². The Labute approximate surface area is 287 Å². The first-order valence-corrected chi connectivity index (χ1v) is 17.4. The number of hydrogen-bond acceptors (Lipinski definition) is 6. The summed E-state index contributed by atoms with van der Waals surface area (Å²) in [7, 11) is 1.52. The Morgan fingerprint density at radius 2 is 1.71 bits per heavy atom. The van der Waals surface area contributed by atoms with Crippen molar-refractivity contribution in [3.8, 4) is 5.75 Å². The predicted molar refractivity (Wildman–Crippen MR) is 186 cm³/mol. The SMILES string of the molecule is C=C1CC[C@@H]2C(C)(C)[C@H](O)CC[C@@]2(C)[C@@H]1CC/C(C)=C/C(=O)N1CCN(C(=O)Cn2cc(F)c(=O)n(Cc3ccc(OC)cc3)c2=O)CC1. The van der Waals surface area contributed by atoms with Gasteiger partial charge in [-0.1, -0.05) is 50.6 Å². The highest BCUT2D eigenvalue weighted by molar-refractivity contribution is 5.88. The minimum atomic E-state index is -1.12. The average Bonchev–Trinajstić information content (AvgIpc) is 3.07. The van der Waals surface area contributed by atoms with Gasteiger partial charge in [-0.05, 0) is 85.8 Å². The van der Waals surface area contributed by atoms with Gasteiger partial charge in [-0.15, -0.1) is 0 Å². The molecule has 11 heteroatoms. The van der Waals surface area contributed by atoms with Crippen LogP contribution in [-0.2, 0) is 22.7 Å². The predicted octanol–water partition coefficient (Wildman–Crippen LogP) is 4.37. The van der Waals surface area contributed by atoms with E-state index in [1.165, 1.54) is 12.7 Å². The van der Waals surface area contributed by atoms with Crippen molar-refractivity contribution in [1.29, 1.82) is 0 Å². The van der Waals surface area contributed by atoms with Gasteiger partial charge < -0.3 is 19.6 Å². The van der Waals surface area contributed by atoms with Crippen LogP contribution in [0.3, 0.4) is 0 Å². The first-order valence-electron chi connectivity index (χ1n) is 17.4. The Bertz CT molecular complexity index is 1720. The fourth-order valence-electron chi connectivity index (χ4n) is 8.65. The second kappa shape index (κ2) is 14.5. The number of aliphatic hydroxyl groups is 1. The van der Waals surface area contributed by atoms with Crippen LogP contribution >= 0.6 is 0 Å². The highest BCUT2D eigenvalue weighted by Gasteiger charge is 2.55.